The third-order valence-corrected chi connectivity index (χ3v) is 7.42. The molecule has 1 aliphatic rings. The van der Waals surface area contributed by atoms with Crippen LogP contribution in [0.15, 0.2) is 65.6 Å². The molecule has 1 aliphatic heterocycles. The monoisotopic (exact) mass is 543 g/mol. The first-order valence-electron chi connectivity index (χ1n) is 10.0. The molecule has 1 amide bonds. The first kappa shape index (κ1) is 25.6. The highest BCUT2D eigenvalue weighted by atomic mass is 35.5. The summed E-state index contributed by atoms with van der Waals surface area (Å²) in [6.07, 6.45) is -5.25. The molecular weight excluding hydrogens is 527 g/mol. The van der Waals surface area contributed by atoms with Crippen LogP contribution in [0.3, 0.4) is 0 Å². The number of hydrogen-bond donors (Lipinski definition) is 1. The standard InChI is InChI=1S/C23H17ClF3NO7S/c1-33-14-8-10-20(19(12-14)35-23(25,26)27)36(31,32)28-17-9-7-13(24)11-16(17)22(30,21(28)29)15-5-3-4-6-18(15)34-2/h3-12,30H,1-2H3. The number of nitrogens with zero attached hydrogens (tertiary/aromatic N) is 1. The van der Waals surface area contributed by atoms with Gasteiger partial charge in [0.1, 0.15) is 16.4 Å². The molecule has 8 nitrogen and oxygen atoms in total. The van der Waals surface area contributed by atoms with E-state index < -0.39 is 38.5 Å². The van der Waals surface area contributed by atoms with Crippen molar-refractivity contribution in [2.75, 3.05) is 18.5 Å². The Balaban J connectivity index is 1.97. The summed E-state index contributed by atoms with van der Waals surface area (Å²) in [4.78, 5) is 12.7. The fourth-order valence-corrected chi connectivity index (χ4v) is 5.65. The van der Waals surface area contributed by atoms with Crippen LogP contribution in [0.2, 0.25) is 5.02 Å². The maximum Gasteiger partial charge on any atom is 0.573 e. The number of para-hydroxylation sites is 1. The maximum absolute atomic E-state index is 13.7. The van der Waals surface area contributed by atoms with Crippen LogP contribution in [0.5, 0.6) is 17.2 Å². The largest absolute Gasteiger partial charge is 0.573 e. The van der Waals surface area contributed by atoms with E-state index in [2.05, 4.69) is 4.74 Å². The van der Waals surface area contributed by atoms with Crippen molar-refractivity contribution >= 4 is 33.2 Å². The van der Waals surface area contributed by atoms with Gasteiger partial charge in [-0.25, -0.2) is 8.42 Å². The molecule has 4 rings (SSSR count). The molecule has 0 spiro atoms. The van der Waals surface area contributed by atoms with E-state index in [1.807, 2.05) is 0 Å². The molecule has 1 heterocycles. The van der Waals surface area contributed by atoms with Gasteiger partial charge in [0.2, 0.25) is 5.60 Å². The second-order valence-corrected chi connectivity index (χ2v) is 9.70. The van der Waals surface area contributed by atoms with E-state index >= 15 is 0 Å². The Bertz CT molecular complexity index is 1460. The predicted molar refractivity (Wildman–Crippen MR) is 122 cm³/mol. The molecule has 1 N–H and O–H groups in total. The molecule has 3 aromatic rings. The molecule has 0 fully saturated rings. The van der Waals surface area contributed by atoms with Crippen molar-refractivity contribution in [1.82, 2.24) is 0 Å². The van der Waals surface area contributed by atoms with Gasteiger partial charge in [-0.15, -0.1) is 13.2 Å². The number of aliphatic hydroxyl groups is 1. The average Bonchev–Trinajstić information content (AvgIpc) is 3.05. The minimum absolute atomic E-state index is 0.0593. The van der Waals surface area contributed by atoms with Gasteiger partial charge >= 0.3 is 6.36 Å². The summed E-state index contributed by atoms with van der Waals surface area (Å²) >= 11 is 6.09. The van der Waals surface area contributed by atoms with Crippen LogP contribution in [-0.4, -0.2) is 40.0 Å². The zero-order valence-electron chi connectivity index (χ0n) is 18.5. The lowest BCUT2D eigenvalue weighted by Crippen LogP contribution is -2.44. The number of benzene rings is 3. The number of anilines is 1. The van der Waals surface area contributed by atoms with E-state index in [0.717, 1.165) is 31.4 Å². The van der Waals surface area contributed by atoms with Crippen LogP contribution in [0.4, 0.5) is 18.9 Å². The highest BCUT2D eigenvalue weighted by molar-refractivity contribution is 7.93. The summed E-state index contributed by atoms with van der Waals surface area (Å²) in [7, 11) is -2.63. The number of carbonyl (C=O) groups excluding carboxylic acids is 1. The smallest absolute Gasteiger partial charge is 0.497 e. The Morgan fingerprint density at radius 2 is 1.64 bits per heavy atom. The number of sulfonamides is 1. The van der Waals surface area contributed by atoms with Crippen molar-refractivity contribution in [3.05, 3.63) is 76.8 Å². The van der Waals surface area contributed by atoms with E-state index in [0.29, 0.717) is 0 Å². The Morgan fingerprint density at radius 1 is 0.944 bits per heavy atom. The molecule has 0 bridgehead atoms. The summed E-state index contributed by atoms with van der Waals surface area (Å²) < 4.78 is 81.0. The molecule has 0 saturated heterocycles. The number of ether oxygens (including phenoxy) is 3. The van der Waals surface area contributed by atoms with E-state index in [1.165, 1.54) is 37.4 Å². The zero-order chi connectivity index (χ0) is 26.5. The number of methoxy groups -OCH3 is 2. The number of halogens is 4. The lowest BCUT2D eigenvalue weighted by molar-refractivity contribution is -0.275. The summed E-state index contributed by atoms with van der Waals surface area (Å²) in [6.45, 7) is 0. The third kappa shape index (κ3) is 4.10. The molecule has 13 heteroatoms. The van der Waals surface area contributed by atoms with Crippen molar-refractivity contribution < 1.29 is 45.7 Å². The van der Waals surface area contributed by atoms with Crippen molar-refractivity contribution in [1.29, 1.82) is 0 Å². The fraction of sp³-hybridized carbons (Fsp3) is 0.174. The maximum atomic E-state index is 13.7. The van der Waals surface area contributed by atoms with Crippen molar-refractivity contribution in [3.63, 3.8) is 0 Å². The van der Waals surface area contributed by atoms with Crippen LogP contribution in [-0.2, 0) is 20.4 Å². The molecule has 190 valence electrons. The van der Waals surface area contributed by atoms with Gasteiger partial charge in [-0.1, -0.05) is 29.8 Å². The van der Waals surface area contributed by atoms with Gasteiger partial charge in [0, 0.05) is 22.2 Å². The number of fused-ring (bicyclic) bond motifs is 1. The fourth-order valence-electron chi connectivity index (χ4n) is 3.92. The summed E-state index contributed by atoms with van der Waals surface area (Å²) in [5.74, 6) is -2.57. The van der Waals surface area contributed by atoms with Crippen molar-refractivity contribution in [2.45, 2.75) is 16.9 Å². The third-order valence-electron chi connectivity index (χ3n) is 5.45. The second kappa shape index (κ2) is 8.87. The van der Waals surface area contributed by atoms with Crippen LogP contribution in [0.25, 0.3) is 0 Å². The molecule has 0 saturated carbocycles. The zero-order valence-corrected chi connectivity index (χ0v) is 20.1. The Labute approximate surface area is 208 Å². The first-order chi connectivity index (χ1) is 16.8. The average molecular weight is 544 g/mol. The Hall–Kier alpha value is -3.48. The minimum atomic E-state index is -5.25. The van der Waals surface area contributed by atoms with Gasteiger partial charge in [0.25, 0.3) is 15.9 Å². The highest BCUT2D eigenvalue weighted by Gasteiger charge is 2.57. The van der Waals surface area contributed by atoms with Crippen molar-refractivity contribution in [2.24, 2.45) is 0 Å². The van der Waals surface area contributed by atoms with Gasteiger partial charge < -0.3 is 19.3 Å². The van der Waals surface area contributed by atoms with Crippen LogP contribution in [0, 0.1) is 0 Å². The number of amides is 1. The number of alkyl halides is 3. The van der Waals surface area contributed by atoms with Crippen molar-refractivity contribution in [3.8, 4) is 17.2 Å². The molecular formula is C23H17ClF3NO7S. The quantitative estimate of drug-likeness (QED) is 0.496. The summed E-state index contributed by atoms with van der Waals surface area (Å²) in [5.41, 5.74) is -3.22. The number of carbonyl (C=O) groups is 1. The molecule has 1 unspecified atom stereocenters. The second-order valence-electron chi connectivity index (χ2n) is 7.51. The molecule has 0 radical (unpaired) electrons. The number of rotatable bonds is 6. The van der Waals surface area contributed by atoms with Gasteiger partial charge in [-0.05, 0) is 36.4 Å². The summed E-state index contributed by atoms with van der Waals surface area (Å²) in [5, 5.41) is 11.8. The van der Waals surface area contributed by atoms with Gasteiger partial charge in [-0.2, -0.15) is 4.31 Å². The van der Waals surface area contributed by atoms with E-state index in [4.69, 9.17) is 21.1 Å². The predicted octanol–water partition coefficient (Wildman–Crippen LogP) is 4.23. The first-order valence-corrected chi connectivity index (χ1v) is 11.9. The van der Waals surface area contributed by atoms with Crippen LogP contribution < -0.4 is 18.5 Å². The molecule has 0 aromatic heterocycles. The normalized spacial score (nSPS) is 17.6. The lowest BCUT2D eigenvalue weighted by atomic mass is 9.87. The van der Waals surface area contributed by atoms with Crippen LogP contribution >= 0.6 is 11.6 Å². The minimum Gasteiger partial charge on any atom is -0.497 e. The molecule has 3 aromatic carbocycles. The van der Waals surface area contributed by atoms with Crippen LogP contribution in [0.1, 0.15) is 11.1 Å². The topological polar surface area (TPSA) is 102 Å². The molecule has 0 aliphatic carbocycles. The Kier molecular flexibility index (Phi) is 6.31. The van der Waals surface area contributed by atoms with Gasteiger partial charge in [-0.3, -0.25) is 4.79 Å². The molecule has 1 atom stereocenters. The SMILES string of the molecule is COc1ccc(S(=O)(=O)N2C(=O)C(O)(c3ccccc3OC)c3cc(Cl)ccc32)c(OC(F)(F)F)c1. The number of hydrogen-bond acceptors (Lipinski definition) is 7. The highest BCUT2D eigenvalue weighted by Crippen LogP contribution is 2.50. The van der Waals surface area contributed by atoms with E-state index in [1.54, 1.807) is 6.07 Å². The molecule has 36 heavy (non-hydrogen) atoms. The van der Waals surface area contributed by atoms with Gasteiger partial charge in [0.15, 0.2) is 5.75 Å². The summed E-state index contributed by atoms with van der Waals surface area (Å²) in [6, 6.07) is 12.1. The van der Waals surface area contributed by atoms with E-state index in [9.17, 15) is 31.5 Å². The lowest BCUT2D eigenvalue weighted by Gasteiger charge is -2.25. The van der Waals surface area contributed by atoms with E-state index in [-0.39, 0.29) is 37.6 Å². The van der Waals surface area contributed by atoms with Gasteiger partial charge in [0.05, 0.1) is 19.9 Å². The Morgan fingerprint density at radius 3 is 2.28 bits per heavy atom.